The molecule has 120 valence electrons. The summed E-state index contributed by atoms with van der Waals surface area (Å²) in [6, 6.07) is 11.9. The van der Waals surface area contributed by atoms with Crippen molar-refractivity contribution in [3.8, 4) is 11.5 Å². The van der Waals surface area contributed by atoms with Crippen LogP contribution in [0.3, 0.4) is 0 Å². The molecule has 0 aromatic heterocycles. The van der Waals surface area contributed by atoms with Gasteiger partial charge >= 0.3 is 0 Å². The number of anilines is 1. The van der Waals surface area contributed by atoms with Crippen LogP contribution in [-0.2, 0) is 4.79 Å². The number of hydrogen-bond acceptors (Lipinski definition) is 4. The Balaban J connectivity index is 2.11. The van der Waals surface area contributed by atoms with Gasteiger partial charge < -0.3 is 20.5 Å². The molecule has 2 amide bonds. The largest absolute Gasteiger partial charge is 0.496 e. The van der Waals surface area contributed by atoms with E-state index in [-0.39, 0.29) is 12.5 Å². The van der Waals surface area contributed by atoms with E-state index in [1.54, 1.807) is 43.5 Å². The van der Waals surface area contributed by atoms with Crippen molar-refractivity contribution < 1.29 is 19.1 Å². The van der Waals surface area contributed by atoms with E-state index in [0.717, 1.165) is 5.56 Å². The van der Waals surface area contributed by atoms with Crippen LogP contribution in [0.5, 0.6) is 11.5 Å². The van der Waals surface area contributed by atoms with Gasteiger partial charge in [0, 0.05) is 17.3 Å². The number of amides is 2. The zero-order valence-electron chi connectivity index (χ0n) is 13.0. The van der Waals surface area contributed by atoms with Crippen molar-refractivity contribution in [1.29, 1.82) is 0 Å². The Labute approximate surface area is 134 Å². The van der Waals surface area contributed by atoms with E-state index in [2.05, 4.69) is 5.32 Å². The maximum absolute atomic E-state index is 12.3. The first kappa shape index (κ1) is 16.4. The highest BCUT2D eigenvalue weighted by atomic mass is 16.5. The van der Waals surface area contributed by atoms with Crippen LogP contribution < -0.4 is 20.5 Å². The minimum Gasteiger partial charge on any atom is -0.496 e. The summed E-state index contributed by atoms with van der Waals surface area (Å²) in [4.78, 5) is 23.0. The summed E-state index contributed by atoms with van der Waals surface area (Å²) in [5.74, 6) is 0.265. The maximum Gasteiger partial charge on any atom is 0.255 e. The second kappa shape index (κ2) is 7.31. The van der Waals surface area contributed by atoms with Gasteiger partial charge in [0.2, 0.25) is 0 Å². The first-order chi connectivity index (χ1) is 11.0. The lowest BCUT2D eigenvalue weighted by molar-refractivity contribution is -0.119. The zero-order chi connectivity index (χ0) is 16.8. The Morgan fingerprint density at radius 2 is 1.96 bits per heavy atom. The summed E-state index contributed by atoms with van der Waals surface area (Å²) in [5.41, 5.74) is 7.01. The second-order valence-corrected chi connectivity index (χ2v) is 4.92. The summed E-state index contributed by atoms with van der Waals surface area (Å²) < 4.78 is 10.4. The van der Waals surface area contributed by atoms with Crippen LogP contribution in [-0.4, -0.2) is 25.5 Å². The van der Waals surface area contributed by atoms with Gasteiger partial charge in [-0.25, -0.2) is 0 Å². The number of benzene rings is 2. The normalized spacial score (nSPS) is 10.0. The number of aryl methyl sites for hydroxylation is 1. The molecule has 23 heavy (non-hydrogen) atoms. The van der Waals surface area contributed by atoms with Crippen LogP contribution in [0.15, 0.2) is 42.5 Å². The van der Waals surface area contributed by atoms with Crippen molar-refractivity contribution in [3.05, 3.63) is 53.6 Å². The molecule has 2 aromatic carbocycles. The van der Waals surface area contributed by atoms with Crippen LogP contribution in [0.1, 0.15) is 15.9 Å². The number of methoxy groups -OCH3 is 1. The molecule has 6 nitrogen and oxygen atoms in total. The first-order valence-corrected chi connectivity index (χ1v) is 6.97. The minimum absolute atomic E-state index is 0.216. The molecule has 0 bridgehead atoms. The highest BCUT2D eigenvalue weighted by Crippen LogP contribution is 2.21. The molecule has 0 aliphatic rings. The topological polar surface area (TPSA) is 90.7 Å². The Kier molecular flexibility index (Phi) is 5.19. The van der Waals surface area contributed by atoms with Gasteiger partial charge in [-0.1, -0.05) is 12.1 Å². The minimum atomic E-state index is -0.564. The van der Waals surface area contributed by atoms with Gasteiger partial charge in [-0.3, -0.25) is 9.59 Å². The fourth-order valence-electron chi connectivity index (χ4n) is 1.98. The Morgan fingerprint density at radius 3 is 2.65 bits per heavy atom. The lowest BCUT2D eigenvalue weighted by Gasteiger charge is -2.10. The molecule has 0 unspecified atom stereocenters. The summed E-state index contributed by atoms with van der Waals surface area (Å²) in [7, 11) is 1.56. The van der Waals surface area contributed by atoms with Crippen molar-refractivity contribution in [1.82, 2.24) is 0 Å². The highest BCUT2D eigenvalue weighted by Gasteiger charge is 2.09. The van der Waals surface area contributed by atoms with Crippen LogP contribution in [0.4, 0.5) is 5.69 Å². The fourth-order valence-corrected chi connectivity index (χ4v) is 1.98. The quantitative estimate of drug-likeness (QED) is 0.854. The van der Waals surface area contributed by atoms with Gasteiger partial charge in [0.15, 0.2) is 6.61 Å². The Bertz CT molecular complexity index is 728. The summed E-state index contributed by atoms with van der Waals surface area (Å²) >= 11 is 0. The summed E-state index contributed by atoms with van der Waals surface area (Å²) in [6.45, 7) is 1.69. The number of hydrogen-bond donors (Lipinski definition) is 2. The van der Waals surface area contributed by atoms with Gasteiger partial charge in [0.05, 0.1) is 7.11 Å². The third kappa shape index (κ3) is 4.47. The molecule has 0 saturated heterocycles. The lowest BCUT2D eigenvalue weighted by Crippen LogP contribution is -2.20. The van der Waals surface area contributed by atoms with E-state index in [1.807, 2.05) is 13.0 Å². The predicted octanol–water partition coefficient (Wildman–Crippen LogP) is 2.12. The van der Waals surface area contributed by atoms with E-state index in [4.69, 9.17) is 15.2 Å². The van der Waals surface area contributed by atoms with Gasteiger partial charge in [0.25, 0.3) is 11.8 Å². The van der Waals surface area contributed by atoms with Crippen molar-refractivity contribution >= 4 is 17.5 Å². The summed E-state index contributed by atoms with van der Waals surface area (Å²) in [6.07, 6.45) is 0. The monoisotopic (exact) mass is 314 g/mol. The van der Waals surface area contributed by atoms with Gasteiger partial charge in [0.1, 0.15) is 11.5 Å². The third-order valence-electron chi connectivity index (χ3n) is 3.14. The van der Waals surface area contributed by atoms with Crippen LogP contribution >= 0.6 is 0 Å². The molecule has 0 aliphatic heterocycles. The SMILES string of the molecule is COc1cc(C(=O)Nc2cccc(OCC(N)=O)c2)ccc1C. The number of rotatable bonds is 6. The molecule has 0 fully saturated rings. The van der Waals surface area contributed by atoms with E-state index in [9.17, 15) is 9.59 Å². The molecule has 0 heterocycles. The maximum atomic E-state index is 12.3. The summed E-state index contributed by atoms with van der Waals surface area (Å²) in [5, 5.41) is 2.77. The Morgan fingerprint density at radius 1 is 1.17 bits per heavy atom. The van der Waals surface area contributed by atoms with Crippen LogP contribution in [0.25, 0.3) is 0 Å². The molecular formula is C17H18N2O4. The molecule has 6 heteroatoms. The molecular weight excluding hydrogens is 296 g/mol. The smallest absolute Gasteiger partial charge is 0.255 e. The number of nitrogens with one attached hydrogen (secondary N) is 1. The average molecular weight is 314 g/mol. The predicted molar refractivity (Wildman–Crippen MR) is 86.8 cm³/mol. The molecule has 0 spiro atoms. The number of primary amides is 1. The second-order valence-electron chi connectivity index (χ2n) is 4.92. The van der Waals surface area contributed by atoms with Crippen LogP contribution in [0, 0.1) is 6.92 Å². The van der Waals surface area contributed by atoms with Crippen molar-refractivity contribution in [3.63, 3.8) is 0 Å². The van der Waals surface area contributed by atoms with E-state index in [0.29, 0.717) is 22.7 Å². The highest BCUT2D eigenvalue weighted by molar-refractivity contribution is 6.04. The van der Waals surface area contributed by atoms with Gasteiger partial charge in [-0.2, -0.15) is 0 Å². The lowest BCUT2D eigenvalue weighted by atomic mass is 10.1. The molecule has 0 atom stereocenters. The van der Waals surface area contributed by atoms with Gasteiger partial charge in [-0.05, 0) is 36.8 Å². The van der Waals surface area contributed by atoms with E-state index < -0.39 is 5.91 Å². The number of carbonyl (C=O) groups excluding carboxylic acids is 2. The van der Waals surface area contributed by atoms with E-state index >= 15 is 0 Å². The molecule has 3 N–H and O–H groups in total. The number of ether oxygens (including phenoxy) is 2. The standard InChI is InChI=1S/C17H18N2O4/c1-11-6-7-12(8-15(11)22-2)17(21)19-13-4-3-5-14(9-13)23-10-16(18)20/h3-9H,10H2,1-2H3,(H2,18,20)(H,19,21). The molecule has 0 aliphatic carbocycles. The fraction of sp³-hybridized carbons (Fsp3) is 0.176. The zero-order valence-corrected chi connectivity index (χ0v) is 13.0. The number of nitrogens with two attached hydrogens (primary N) is 1. The number of carbonyl (C=O) groups is 2. The Hall–Kier alpha value is -3.02. The first-order valence-electron chi connectivity index (χ1n) is 6.97. The molecule has 0 radical (unpaired) electrons. The van der Waals surface area contributed by atoms with Crippen molar-refractivity contribution in [2.45, 2.75) is 6.92 Å². The molecule has 0 saturated carbocycles. The molecule has 2 aromatic rings. The average Bonchev–Trinajstić information content (AvgIpc) is 2.53. The van der Waals surface area contributed by atoms with Crippen molar-refractivity contribution in [2.75, 3.05) is 19.0 Å². The van der Waals surface area contributed by atoms with Crippen molar-refractivity contribution in [2.24, 2.45) is 5.73 Å². The van der Waals surface area contributed by atoms with Gasteiger partial charge in [-0.15, -0.1) is 0 Å². The van der Waals surface area contributed by atoms with Crippen LogP contribution in [0.2, 0.25) is 0 Å². The third-order valence-corrected chi connectivity index (χ3v) is 3.14. The van der Waals surface area contributed by atoms with E-state index in [1.165, 1.54) is 0 Å². The molecule has 2 rings (SSSR count).